The summed E-state index contributed by atoms with van der Waals surface area (Å²) in [6.07, 6.45) is 35.8. The lowest BCUT2D eigenvalue weighted by atomic mass is 9.47. The lowest BCUT2D eigenvalue weighted by Gasteiger charge is -2.58. The predicted molar refractivity (Wildman–Crippen MR) is 242 cm³/mol. The number of nitrogens with two attached hydrogens (primary N) is 1. The van der Waals surface area contributed by atoms with Crippen molar-refractivity contribution in [3.8, 4) is 0 Å². The molecule has 1 unspecified atom stereocenters. The Morgan fingerprint density at radius 3 is 2.14 bits per heavy atom. The summed E-state index contributed by atoms with van der Waals surface area (Å²) in [5, 5.41) is 0. The summed E-state index contributed by atoms with van der Waals surface area (Å²) in [6.45, 7) is 14.7. The zero-order valence-electron chi connectivity index (χ0n) is 38.9. The largest absolute Gasteiger partial charge is 0.462 e. The summed E-state index contributed by atoms with van der Waals surface area (Å²) in [5.74, 6) is 3.66. The minimum atomic E-state index is -0.683. The molecular formula is C52H89NO6. The Morgan fingerprint density at radius 2 is 1.44 bits per heavy atom. The van der Waals surface area contributed by atoms with E-state index in [4.69, 9.17) is 19.9 Å². The van der Waals surface area contributed by atoms with Crippen LogP contribution in [-0.2, 0) is 28.6 Å². The van der Waals surface area contributed by atoms with Crippen molar-refractivity contribution in [3.05, 3.63) is 23.8 Å². The molecule has 0 saturated heterocycles. The molecular weight excluding hydrogens is 735 g/mol. The van der Waals surface area contributed by atoms with E-state index in [2.05, 4.69) is 59.8 Å². The fourth-order valence-corrected chi connectivity index (χ4v) is 12.2. The van der Waals surface area contributed by atoms with Crippen LogP contribution >= 0.6 is 0 Å². The molecule has 4 rings (SSSR count). The third-order valence-electron chi connectivity index (χ3n) is 15.7. The fourth-order valence-electron chi connectivity index (χ4n) is 12.2. The molecule has 0 amide bonds. The molecule has 4 aliphatic rings. The van der Waals surface area contributed by atoms with E-state index in [0.717, 1.165) is 80.5 Å². The summed E-state index contributed by atoms with van der Waals surface area (Å²) in [4.78, 5) is 37.9. The normalized spacial score (nSPS) is 28.7. The number of allylic oxidation sites excluding steroid dienone is 3. The molecule has 0 aromatic rings. The van der Waals surface area contributed by atoms with Crippen molar-refractivity contribution in [3.63, 3.8) is 0 Å². The molecule has 0 heterocycles. The van der Waals surface area contributed by atoms with Gasteiger partial charge >= 0.3 is 17.9 Å². The van der Waals surface area contributed by atoms with Gasteiger partial charge in [0.2, 0.25) is 0 Å². The van der Waals surface area contributed by atoms with E-state index in [-0.39, 0.29) is 49.5 Å². The molecule has 0 bridgehead atoms. The Bertz CT molecular complexity index is 1320. The van der Waals surface area contributed by atoms with Gasteiger partial charge in [-0.15, -0.1) is 0 Å². The molecule has 2 N–H and O–H groups in total. The van der Waals surface area contributed by atoms with Crippen molar-refractivity contribution in [1.29, 1.82) is 0 Å². The van der Waals surface area contributed by atoms with Gasteiger partial charge in [0.1, 0.15) is 18.8 Å². The van der Waals surface area contributed by atoms with E-state index < -0.39 is 12.1 Å². The Hall–Kier alpha value is -2.15. The summed E-state index contributed by atoms with van der Waals surface area (Å²) >= 11 is 0. The van der Waals surface area contributed by atoms with E-state index in [1.165, 1.54) is 115 Å². The molecule has 7 heteroatoms. The second kappa shape index (κ2) is 25.7. The molecule has 0 radical (unpaired) electrons. The van der Waals surface area contributed by atoms with E-state index in [0.29, 0.717) is 11.8 Å². The van der Waals surface area contributed by atoms with Crippen LogP contribution in [0.15, 0.2) is 23.8 Å². The van der Waals surface area contributed by atoms with Crippen LogP contribution < -0.4 is 5.73 Å². The van der Waals surface area contributed by atoms with Crippen LogP contribution in [0.5, 0.6) is 0 Å². The van der Waals surface area contributed by atoms with E-state index in [1.807, 2.05) is 0 Å². The first-order valence-corrected chi connectivity index (χ1v) is 25.0. The van der Waals surface area contributed by atoms with Gasteiger partial charge in [-0.25, -0.2) is 0 Å². The molecule has 3 fully saturated rings. The van der Waals surface area contributed by atoms with Gasteiger partial charge in [-0.05, 0) is 123 Å². The average molecular weight is 824 g/mol. The van der Waals surface area contributed by atoms with Gasteiger partial charge in [-0.2, -0.15) is 0 Å². The number of fused-ring (bicyclic) bond motifs is 5. The Kier molecular flexibility index (Phi) is 21.6. The minimum Gasteiger partial charge on any atom is -0.462 e. The van der Waals surface area contributed by atoms with Crippen molar-refractivity contribution in [2.45, 2.75) is 227 Å². The van der Waals surface area contributed by atoms with Crippen LogP contribution in [0.1, 0.15) is 215 Å². The van der Waals surface area contributed by atoms with Crippen molar-refractivity contribution in [2.75, 3.05) is 13.2 Å². The second-order valence-corrected chi connectivity index (χ2v) is 20.5. The van der Waals surface area contributed by atoms with Crippen LogP contribution in [0.2, 0.25) is 0 Å². The van der Waals surface area contributed by atoms with Gasteiger partial charge in [-0.1, -0.05) is 136 Å². The maximum absolute atomic E-state index is 12.9. The average Bonchev–Trinajstić information content (AvgIpc) is 3.57. The van der Waals surface area contributed by atoms with Crippen molar-refractivity contribution in [2.24, 2.45) is 52.1 Å². The van der Waals surface area contributed by atoms with Gasteiger partial charge in [0, 0.05) is 19.4 Å². The molecule has 0 aromatic heterocycles. The van der Waals surface area contributed by atoms with Crippen LogP contribution in [0.4, 0.5) is 0 Å². The number of rotatable bonds is 28. The highest BCUT2D eigenvalue weighted by atomic mass is 16.6. The number of hydrogen-bond donors (Lipinski definition) is 1. The van der Waals surface area contributed by atoms with E-state index in [9.17, 15) is 14.4 Å². The quantitative estimate of drug-likeness (QED) is 0.0362. The monoisotopic (exact) mass is 824 g/mol. The molecule has 0 aromatic carbocycles. The van der Waals surface area contributed by atoms with E-state index in [1.54, 1.807) is 0 Å². The number of hydrogen-bond acceptors (Lipinski definition) is 7. The predicted octanol–water partition coefficient (Wildman–Crippen LogP) is 13.2. The van der Waals surface area contributed by atoms with Gasteiger partial charge < -0.3 is 19.9 Å². The number of carbonyl (C=O) groups excluding carboxylic acids is 3. The highest BCUT2D eigenvalue weighted by Crippen LogP contribution is 2.67. The Balaban J connectivity index is 1.07. The van der Waals surface area contributed by atoms with Crippen molar-refractivity contribution < 1.29 is 28.6 Å². The standard InChI is InChI=1S/C52H89NO6/c1-7-8-9-10-11-12-13-14-15-16-17-18-19-20-21-25-49(55)59-43(37-53)38-57-48(54)30-31-50(56)58-42-32-34-51(5)41(36-42)26-27-44-46-29-28-45(40(4)24-22-23-39(2)3)52(46,6)35-33-47(44)51/h14-15,26,39-40,42-47H,7-13,16-25,27-38,53H2,1-6H3/b15-14-/t40-,42+,43?,44+,45-,46+,47+,51+,52-/m1/s1. The SMILES string of the molecule is CCCCCCCC/C=C\CCCCCCCC(=O)OC(CN)COC(=O)CCC(=O)O[C@H]1CC[C@@]2(C)C(=CC[C@H]3[C@@H]4CC[C@H]([C@H](C)CCCC(C)C)[C@@]4(C)CC[C@@H]32)C1. The topological polar surface area (TPSA) is 105 Å². The van der Waals surface area contributed by atoms with Gasteiger partial charge in [0.05, 0.1) is 12.8 Å². The number of ether oxygens (including phenoxy) is 3. The van der Waals surface area contributed by atoms with Gasteiger partial charge in [0.25, 0.3) is 0 Å². The third-order valence-corrected chi connectivity index (χ3v) is 15.7. The molecule has 9 atom stereocenters. The van der Waals surface area contributed by atoms with Crippen LogP contribution in [-0.4, -0.2) is 43.3 Å². The maximum atomic E-state index is 12.9. The first kappa shape index (κ1) is 49.5. The first-order chi connectivity index (χ1) is 28.4. The summed E-state index contributed by atoms with van der Waals surface area (Å²) in [6, 6.07) is 0. The smallest absolute Gasteiger partial charge is 0.306 e. The summed E-state index contributed by atoms with van der Waals surface area (Å²) in [5.41, 5.74) is 8.01. The minimum absolute atomic E-state index is 0.0176. The third kappa shape index (κ3) is 15.3. The van der Waals surface area contributed by atoms with Crippen LogP contribution in [0, 0.1) is 46.3 Å². The highest BCUT2D eigenvalue weighted by molar-refractivity contribution is 5.77. The van der Waals surface area contributed by atoms with Gasteiger partial charge in [0.15, 0.2) is 0 Å². The summed E-state index contributed by atoms with van der Waals surface area (Å²) in [7, 11) is 0. The zero-order chi connectivity index (χ0) is 42.7. The molecule has 0 spiro atoms. The van der Waals surface area contributed by atoms with Crippen LogP contribution in [0.25, 0.3) is 0 Å². The lowest BCUT2D eigenvalue weighted by molar-refractivity contribution is -0.160. The first-order valence-electron chi connectivity index (χ1n) is 25.0. The highest BCUT2D eigenvalue weighted by Gasteiger charge is 2.59. The second-order valence-electron chi connectivity index (χ2n) is 20.5. The molecule has 59 heavy (non-hydrogen) atoms. The molecule has 7 nitrogen and oxygen atoms in total. The van der Waals surface area contributed by atoms with E-state index >= 15 is 0 Å². The number of unbranched alkanes of at least 4 members (excludes halogenated alkanes) is 11. The molecule has 4 aliphatic carbocycles. The number of esters is 3. The van der Waals surface area contributed by atoms with Gasteiger partial charge in [-0.3, -0.25) is 14.4 Å². The Labute approximate surface area is 361 Å². The fraction of sp³-hybridized carbons (Fsp3) is 0.865. The number of carbonyl (C=O) groups is 3. The zero-order valence-corrected chi connectivity index (χ0v) is 38.9. The molecule has 0 aliphatic heterocycles. The molecule has 3 saturated carbocycles. The van der Waals surface area contributed by atoms with Crippen molar-refractivity contribution in [1.82, 2.24) is 0 Å². The van der Waals surface area contributed by atoms with Crippen molar-refractivity contribution >= 4 is 17.9 Å². The molecule has 338 valence electrons. The Morgan fingerprint density at radius 1 is 0.763 bits per heavy atom. The summed E-state index contributed by atoms with van der Waals surface area (Å²) < 4.78 is 16.8. The lowest BCUT2D eigenvalue weighted by Crippen LogP contribution is -2.51. The van der Waals surface area contributed by atoms with Crippen LogP contribution in [0.3, 0.4) is 0 Å². The maximum Gasteiger partial charge on any atom is 0.306 e.